The molecule has 0 bridgehead atoms. The van der Waals surface area contributed by atoms with Crippen LogP contribution in [0.3, 0.4) is 0 Å². The lowest BCUT2D eigenvalue weighted by Gasteiger charge is -2.29. The smallest absolute Gasteiger partial charge is 0.137 e. The van der Waals surface area contributed by atoms with E-state index in [9.17, 15) is 4.39 Å². The van der Waals surface area contributed by atoms with Gasteiger partial charge in [0.25, 0.3) is 0 Å². The fourth-order valence-corrected chi connectivity index (χ4v) is 2.43. The molecule has 0 fully saturated rings. The molecule has 1 aromatic carbocycles. The molecule has 0 amide bonds. The van der Waals surface area contributed by atoms with Crippen molar-refractivity contribution >= 4 is 15.9 Å². The summed E-state index contributed by atoms with van der Waals surface area (Å²) in [5, 5.41) is 3.47. The lowest BCUT2D eigenvalue weighted by molar-refractivity contribution is 0.290. The van der Waals surface area contributed by atoms with Crippen molar-refractivity contribution in [1.29, 1.82) is 0 Å². The molecule has 0 saturated carbocycles. The van der Waals surface area contributed by atoms with Crippen LogP contribution in [0, 0.1) is 11.2 Å². The molecule has 1 atom stereocenters. The minimum atomic E-state index is -0.174. The first-order chi connectivity index (χ1) is 8.52. The molecule has 1 nitrogen and oxygen atoms in total. The van der Waals surface area contributed by atoms with Crippen LogP contribution in [-0.2, 0) is 6.42 Å². The maximum atomic E-state index is 13.5. The third-order valence-corrected chi connectivity index (χ3v) is 4.37. The highest BCUT2D eigenvalue weighted by molar-refractivity contribution is 9.10. The van der Waals surface area contributed by atoms with Crippen molar-refractivity contribution < 1.29 is 4.39 Å². The predicted molar refractivity (Wildman–Crippen MR) is 79.4 cm³/mol. The van der Waals surface area contributed by atoms with E-state index in [1.54, 1.807) is 6.07 Å². The second kappa shape index (κ2) is 7.25. The van der Waals surface area contributed by atoms with Crippen LogP contribution in [0.25, 0.3) is 0 Å². The van der Waals surface area contributed by atoms with Gasteiger partial charge in [-0.15, -0.1) is 0 Å². The Labute approximate surface area is 118 Å². The van der Waals surface area contributed by atoms with Crippen molar-refractivity contribution in [2.75, 3.05) is 13.1 Å². The summed E-state index contributed by atoms with van der Waals surface area (Å²) in [6.07, 6.45) is 3.11. The Morgan fingerprint density at radius 1 is 1.33 bits per heavy atom. The Bertz CT molecular complexity index is 381. The van der Waals surface area contributed by atoms with Crippen LogP contribution >= 0.6 is 15.9 Å². The SMILES string of the molecule is CCCNCC(C)(CC)Cc1cccc(F)c1Br. The Hall–Kier alpha value is -0.410. The maximum absolute atomic E-state index is 13.5. The first-order valence-corrected chi connectivity index (χ1v) is 7.45. The van der Waals surface area contributed by atoms with E-state index < -0.39 is 0 Å². The third kappa shape index (κ3) is 4.36. The Balaban J connectivity index is 2.75. The second-order valence-corrected chi connectivity index (χ2v) is 6.02. The van der Waals surface area contributed by atoms with Crippen molar-refractivity contribution in [2.24, 2.45) is 5.41 Å². The quantitative estimate of drug-likeness (QED) is 0.728. The number of rotatable bonds is 7. The van der Waals surface area contributed by atoms with Gasteiger partial charge in [0.05, 0.1) is 4.47 Å². The summed E-state index contributed by atoms with van der Waals surface area (Å²) in [4.78, 5) is 0. The van der Waals surface area contributed by atoms with Gasteiger partial charge in [0.2, 0.25) is 0 Å². The molecule has 0 radical (unpaired) electrons. The molecule has 1 unspecified atom stereocenters. The van der Waals surface area contributed by atoms with Gasteiger partial charge in [-0.2, -0.15) is 0 Å². The number of hydrogen-bond acceptors (Lipinski definition) is 1. The van der Waals surface area contributed by atoms with Crippen LogP contribution < -0.4 is 5.32 Å². The molecule has 1 N–H and O–H groups in total. The fourth-order valence-electron chi connectivity index (χ4n) is 2.02. The van der Waals surface area contributed by atoms with Gasteiger partial charge in [0, 0.05) is 6.54 Å². The van der Waals surface area contributed by atoms with E-state index in [-0.39, 0.29) is 11.2 Å². The van der Waals surface area contributed by atoms with E-state index in [2.05, 4.69) is 42.0 Å². The summed E-state index contributed by atoms with van der Waals surface area (Å²) in [6.45, 7) is 8.63. The zero-order valence-corrected chi connectivity index (χ0v) is 13.1. The summed E-state index contributed by atoms with van der Waals surface area (Å²) in [7, 11) is 0. The number of halogens is 2. The fraction of sp³-hybridized carbons (Fsp3) is 0.600. The molecule has 0 heterocycles. The van der Waals surface area contributed by atoms with Gasteiger partial charge in [-0.25, -0.2) is 4.39 Å². The summed E-state index contributed by atoms with van der Waals surface area (Å²) in [6, 6.07) is 5.28. The van der Waals surface area contributed by atoms with Crippen LogP contribution in [-0.4, -0.2) is 13.1 Å². The summed E-state index contributed by atoms with van der Waals surface area (Å²) >= 11 is 3.35. The Morgan fingerprint density at radius 2 is 2.06 bits per heavy atom. The van der Waals surface area contributed by atoms with Gasteiger partial charge in [-0.1, -0.05) is 32.9 Å². The zero-order chi connectivity index (χ0) is 13.6. The van der Waals surface area contributed by atoms with Crippen molar-refractivity contribution in [1.82, 2.24) is 5.32 Å². The van der Waals surface area contributed by atoms with Gasteiger partial charge < -0.3 is 5.32 Å². The molecule has 0 saturated heterocycles. The topological polar surface area (TPSA) is 12.0 Å². The van der Waals surface area contributed by atoms with Gasteiger partial charge >= 0.3 is 0 Å². The number of nitrogens with one attached hydrogen (secondary N) is 1. The predicted octanol–water partition coefficient (Wildman–Crippen LogP) is 4.55. The average Bonchev–Trinajstić information content (AvgIpc) is 2.35. The summed E-state index contributed by atoms with van der Waals surface area (Å²) in [5.74, 6) is -0.174. The largest absolute Gasteiger partial charge is 0.316 e. The van der Waals surface area contributed by atoms with Crippen LogP contribution in [0.2, 0.25) is 0 Å². The molecule has 0 aliphatic carbocycles. The van der Waals surface area contributed by atoms with E-state index in [4.69, 9.17) is 0 Å². The molecule has 0 aliphatic rings. The van der Waals surface area contributed by atoms with E-state index in [0.717, 1.165) is 37.9 Å². The molecular formula is C15H23BrFN. The molecule has 3 heteroatoms. The van der Waals surface area contributed by atoms with Crippen LogP contribution in [0.4, 0.5) is 4.39 Å². The molecule has 1 aromatic rings. The minimum Gasteiger partial charge on any atom is -0.316 e. The normalized spacial score (nSPS) is 14.5. The molecule has 0 aromatic heterocycles. The summed E-state index contributed by atoms with van der Waals surface area (Å²) in [5.41, 5.74) is 1.23. The highest BCUT2D eigenvalue weighted by Gasteiger charge is 2.23. The van der Waals surface area contributed by atoms with Crippen LogP contribution in [0.15, 0.2) is 22.7 Å². The Morgan fingerprint density at radius 3 is 2.67 bits per heavy atom. The summed E-state index contributed by atoms with van der Waals surface area (Å²) < 4.78 is 14.1. The van der Waals surface area contributed by atoms with Gasteiger partial charge in [0.1, 0.15) is 5.82 Å². The van der Waals surface area contributed by atoms with E-state index in [0.29, 0.717) is 4.47 Å². The second-order valence-electron chi connectivity index (χ2n) is 5.23. The highest BCUT2D eigenvalue weighted by Crippen LogP contribution is 2.30. The zero-order valence-electron chi connectivity index (χ0n) is 11.5. The van der Waals surface area contributed by atoms with Crippen LogP contribution in [0.5, 0.6) is 0 Å². The number of benzene rings is 1. The average molecular weight is 316 g/mol. The van der Waals surface area contributed by atoms with Crippen molar-refractivity contribution in [2.45, 2.75) is 40.0 Å². The lowest BCUT2D eigenvalue weighted by Crippen LogP contribution is -2.33. The molecule has 0 spiro atoms. The van der Waals surface area contributed by atoms with Gasteiger partial charge in [-0.3, -0.25) is 0 Å². The molecule has 102 valence electrons. The minimum absolute atomic E-state index is 0.172. The van der Waals surface area contributed by atoms with E-state index >= 15 is 0 Å². The number of hydrogen-bond donors (Lipinski definition) is 1. The van der Waals surface area contributed by atoms with Crippen molar-refractivity contribution in [3.8, 4) is 0 Å². The third-order valence-electron chi connectivity index (χ3n) is 3.48. The van der Waals surface area contributed by atoms with Gasteiger partial charge in [0.15, 0.2) is 0 Å². The standard InChI is InChI=1S/C15H23BrFN/c1-4-9-18-11-15(3,5-2)10-12-7-6-8-13(17)14(12)16/h6-8,18H,4-5,9-11H2,1-3H3. The lowest BCUT2D eigenvalue weighted by atomic mass is 9.81. The highest BCUT2D eigenvalue weighted by atomic mass is 79.9. The first kappa shape index (κ1) is 15.6. The van der Waals surface area contributed by atoms with Gasteiger partial charge in [-0.05, 0) is 58.8 Å². The van der Waals surface area contributed by atoms with Crippen molar-refractivity contribution in [3.05, 3.63) is 34.1 Å². The molecule has 1 rings (SSSR count). The molecular weight excluding hydrogens is 293 g/mol. The maximum Gasteiger partial charge on any atom is 0.137 e. The molecule has 0 aliphatic heterocycles. The monoisotopic (exact) mass is 315 g/mol. The van der Waals surface area contributed by atoms with E-state index in [1.165, 1.54) is 6.07 Å². The molecule has 18 heavy (non-hydrogen) atoms. The van der Waals surface area contributed by atoms with Crippen LogP contribution in [0.1, 0.15) is 39.2 Å². The van der Waals surface area contributed by atoms with E-state index in [1.807, 2.05) is 6.07 Å². The van der Waals surface area contributed by atoms with Crippen molar-refractivity contribution in [3.63, 3.8) is 0 Å². The first-order valence-electron chi connectivity index (χ1n) is 6.66. The Kier molecular flexibility index (Phi) is 6.30.